The highest BCUT2D eigenvalue weighted by Crippen LogP contribution is 2.09. The van der Waals surface area contributed by atoms with Crippen molar-refractivity contribution in [2.24, 2.45) is 0 Å². The molecular formula is C15H14N3O2+. The van der Waals surface area contributed by atoms with E-state index in [1.54, 1.807) is 11.7 Å². The number of benzene rings is 1. The van der Waals surface area contributed by atoms with E-state index in [0.717, 1.165) is 11.2 Å². The van der Waals surface area contributed by atoms with Crippen molar-refractivity contribution in [2.75, 3.05) is 6.61 Å². The Balaban J connectivity index is 2.22. The van der Waals surface area contributed by atoms with Gasteiger partial charge in [-0.15, -0.1) is 4.52 Å². The fraction of sp³-hybridized carbons (Fsp3) is 0.133. The first kappa shape index (κ1) is 12.3. The molecule has 0 spiro atoms. The Morgan fingerprint density at radius 1 is 1.20 bits per heavy atom. The van der Waals surface area contributed by atoms with Crippen LogP contribution in [0.1, 0.15) is 17.4 Å². The fourth-order valence-electron chi connectivity index (χ4n) is 2.07. The van der Waals surface area contributed by atoms with E-state index in [1.807, 2.05) is 59.2 Å². The number of hydrogen-bond acceptors (Lipinski definition) is 3. The summed E-state index contributed by atoms with van der Waals surface area (Å²) < 4.78 is 6.88. The van der Waals surface area contributed by atoms with Gasteiger partial charge in [0.25, 0.3) is 0 Å². The van der Waals surface area contributed by atoms with Crippen molar-refractivity contribution in [3.63, 3.8) is 0 Å². The number of nitrogens with zero attached hydrogens (tertiary/aromatic N) is 3. The van der Waals surface area contributed by atoms with E-state index in [-0.39, 0.29) is 0 Å². The van der Waals surface area contributed by atoms with Crippen molar-refractivity contribution in [1.29, 1.82) is 0 Å². The van der Waals surface area contributed by atoms with Gasteiger partial charge in [-0.05, 0) is 36.0 Å². The van der Waals surface area contributed by atoms with Gasteiger partial charge in [-0.3, -0.25) is 0 Å². The van der Waals surface area contributed by atoms with Crippen molar-refractivity contribution >= 4 is 11.5 Å². The number of rotatable bonds is 3. The second-order valence-electron chi connectivity index (χ2n) is 4.22. The lowest BCUT2D eigenvalue weighted by Crippen LogP contribution is -2.31. The predicted molar refractivity (Wildman–Crippen MR) is 72.7 cm³/mol. The minimum absolute atomic E-state index is 0.316. The minimum atomic E-state index is -0.411. The highest BCUT2D eigenvalue weighted by molar-refractivity contribution is 5.93. The molecule has 0 unspecified atom stereocenters. The third kappa shape index (κ3) is 2.03. The van der Waals surface area contributed by atoms with Gasteiger partial charge in [-0.25, -0.2) is 4.79 Å². The molecule has 0 bridgehead atoms. The zero-order chi connectivity index (χ0) is 13.9. The first-order valence-corrected chi connectivity index (χ1v) is 6.43. The number of pyridine rings is 1. The molecule has 0 aliphatic carbocycles. The molecule has 100 valence electrons. The number of para-hydroxylation sites is 1. The van der Waals surface area contributed by atoms with Gasteiger partial charge < -0.3 is 4.74 Å². The lowest BCUT2D eigenvalue weighted by atomic mass is 10.3. The van der Waals surface area contributed by atoms with E-state index in [0.29, 0.717) is 12.3 Å². The molecule has 0 radical (unpaired) electrons. The van der Waals surface area contributed by atoms with Crippen LogP contribution in [0.25, 0.3) is 11.2 Å². The van der Waals surface area contributed by atoms with Gasteiger partial charge in [0.1, 0.15) is 11.9 Å². The van der Waals surface area contributed by atoms with Crippen LogP contribution < -0.4 is 4.52 Å². The third-order valence-electron chi connectivity index (χ3n) is 2.94. The number of esters is 1. The summed E-state index contributed by atoms with van der Waals surface area (Å²) in [6.07, 6.45) is 1.86. The van der Waals surface area contributed by atoms with Gasteiger partial charge in [-0.1, -0.05) is 24.3 Å². The van der Waals surface area contributed by atoms with Crippen LogP contribution in [0.5, 0.6) is 0 Å². The van der Waals surface area contributed by atoms with E-state index in [1.165, 1.54) is 0 Å². The number of hydrogen-bond donors (Lipinski definition) is 0. The Hall–Kier alpha value is -2.69. The summed E-state index contributed by atoms with van der Waals surface area (Å²) in [6.45, 7) is 2.11. The fourth-order valence-corrected chi connectivity index (χ4v) is 2.07. The molecule has 20 heavy (non-hydrogen) atoms. The topological polar surface area (TPSA) is 48.2 Å². The van der Waals surface area contributed by atoms with Crippen molar-refractivity contribution in [1.82, 2.24) is 9.90 Å². The van der Waals surface area contributed by atoms with Gasteiger partial charge in [-0.2, -0.15) is 0 Å². The third-order valence-corrected chi connectivity index (χ3v) is 2.94. The Kier molecular flexibility index (Phi) is 3.16. The zero-order valence-electron chi connectivity index (χ0n) is 11.1. The van der Waals surface area contributed by atoms with Crippen LogP contribution in [0, 0.1) is 0 Å². The Labute approximate surface area is 116 Å². The molecule has 0 atom stereocenters. The van der Waals surface area contributed by atoms with E-state index < -0.39 is 5.97 Å². The summed E-state index contributed by atoms with van der Waals surface area (Å²) in [7, 11) is 0. The molecule has 0 amide bonds. The molecule has 3 aromatic rings. The molecule has 0 fully saturated rings. The molecule has 0 saturated heterocycles. The molecule has 0 N–H and O–H groups in total. The maximum atomic E-state index is 12.0. The molecule has 0 aliphatic rings. The van der Waals surface area contributed by atoms with E-state index in [2.05, 4.69) is 5.10 Å². The second kappa shape index (κ2) is 5.13. The summed E-state index contributed by atoms with van der Waals surface area (Å²) in [5.74, 6) is -0.411. The van der Waals surface area contributed by atoms with Gasteiger partial charge in [0, 0.05) is 0 Å². The Morgan fingerprint density at radius 3 is 2.70 bits per heavy atom. The largest absolute Gasteiger partial charge is 0.459 e. The van der Waals surface area contributed by atoms with Crippen LogP contribution in [-0.4, -0.2) is 22.5 Å². The van der Waals surface area contributed by atoms with Crippen molar-refractivity contribution in [3.05, 3.63) is 60.4 Å². The smallest absolute Gasteiger partial charge is 0.390 e. The van der Waals surface area contributed by atoms with Crippen LogP contribution >= 0.6 is 0 Å². The summed E-state index contributed by atoms with van der Waals surface area (Å²) in [6, 6.07) is 15.3. The SMILES string of the molecule is CCOC(=O)c1nn(-c2ccccc2)[n+]2ccccc12. The first-order valence-electron chi connectivity index (χ1n) is 6.43. The van der Waals surface area contributed by atoms with Crippen LogP contribution in [0.2, 0.25) is 0 Å². The molecule has 2 heterocycles. The van der Waals surface area contributed by atoms with Gasteiger partial charge in [0.2, 0.25) is 5.52 Å². The molecule has 3 rings (SSSR count). The lowest BCUT2D eigenvalue weighted by Gasteiger charge is -1.94. The van der Waals surface area contributed by atoms with Crippen molar-refractivity contribution < 1.29 is 14.0 Å². The van der Waals surface area contributed by atoms with Gasteiger partial charge >= 0.3 is 11.7 Å². The summed E-state index contributed by atoms with van der Waals surface area (Å²) in [5.41, 5.74) is 1.91. The standard InChI is InChI=1S/C15H14N3O2/c1-2-20-15(19)14-13-10-6-7-11-17(13)18(16-14)12-8-4-3-5-9-12/h3-11H,2H2,1H3/q+1. The molecule has 1 aromatic carbocycles. The van der Waals surface area contributed by atoms with Crippen LogP contribution in [0.4, 0.5) is 0 Å². The average molecular weight is 268 g/mol. The highest BCUT2D eigenvalue weighted by Gasteiger charge is 2.27. The molecule has 5 heteroatoms. The molecule has 0 saturated carbocycles. The molecule has 2 aromatic heterocycles. The summed E-state index contributed by atoms with van der Waals surface area (Å²) >= 11 is 0. The number of aromatic nitrogens is 3. The summed E-state index contributed by atoms with van der Waals surface area (Å²) in [4.78, 5) is 13.7. The second-order valence-corrected chi connectivity index (χ2v) is 4.22. The first-order chi connectivity index (χ1) is 9.81. The number of carbonyl (C=O) groups is 1. The minimum Gasteiger partial charge on any atom is -0.459 e. The normalized spacial score (nSPS) is 10.7. The van der Waals surface area contributed by atoms with Crippen molar-refractivity contribution in [2.45, 2.75) is 6.92 Å². The van der Waals surface area contributed by atoms with Crippen LogP contribution in [0.15, 0.2) is 54.7 Å². The predicted octanol–water partition coefficient (Wildman–Crippen LogP) is 1.79. The monoisotopic (exact) mass is 268 g/mol. The van der Waals surface area contributed by atoms with E-state index in [4.69, 9.17) is 4.74 Å². The van der Waals surface area contributed by atoms with Crippen LogP contribution in [-0.2, 0) is 4.74 Å². The molecule has 0 aliphatic heterocycles. The maximum absolute atomic E-state index is 12.0. The highest BCUT2D eigenvalue weighted by atomic mass is 16.5. The molecular weight excluding hydrogens is 254 g/mol. The van der Waals surface area contributed by atoms with Crippen LogP contribution in [0.3, 0.4) is 0 Å². The zero-order valence-corrected chi connectivity index (χ0v) is 11.1. The van der Waals surface area contributed by atoms with Gasteiger partial charge in [0.05, 0.1) is 11.7 Å². The number of ether oxygens (including phenoxy) is 1. The van der Waals surface area contributed by atoms with Gasteiger partial charge in [0.15, 0.2) is 0 Å². The quantitative estimate of drug-likeness (QED) is 0.537. The summed E-state index contributed by atoms with van der Waals surface area (Å²) in [5, 5.41) is 4.38. The average Bonchev–Trinajstić information content (AvgIpc) is 2.88. The molecule has 5 nitrogen and oxygen atoms in total. The Morgan fingerprint density at radius 2 is 1.95 bits per heavy atom. The number of fused-ring (bicyclic) bond motifs is 1. The van der Waals surface area contributed by atoms with Crippen molar-refractivity contribution in [3.8, 4) is 5.69 Å². The Bertz CT molecular complexity index is 750. The maximum Gasteiger partial charge on any atom is 0.390 e. The van der Waals surface area contributed by atoms with E-state index >= 15 is 0 Å². The van der Waals surface area contributed by atoms with E-state index in [9.17, 15) is 4.79 Å². The lowest BCUT2D eigenvalue weighted by molar-refractivity contribution is -0.603. The number of carbonyl (C=O) groups excluding carboxylic acids is 1.